The van der Waals surface area contributed by atoms with Crippen LogP contribution >= 0.6 is 0 Å². The van der Waals surface area contributed by atoms with E-state index in [0.29, 0.717) is 56.8 Å². The van der Waals surface area contributed by atoms with Crippen LogP contribution in [-0.4, -0.2) is 27.8 Å². The first kappa shape index (κ1) is 42.0. The normalized spacial score (nSPS) is 13.5. The zero-order valence-corrected chi connectivity index (χ0v) is 33.3. The highest BCUT2D eigenvalue weighted by Crippen LogP contribution is 2.42. The predicted octanol–water partition coefficient (Wildman–Crippen LogP) is 11.5. The lowest BCUT2D eigenvalue weighted by Gasteiger charge is -2.33. The van der Waals surface area contributed by atoms with E-state index in [4.69, 9.17) is 9.47 Å². The van der Waals surface area contributed by atoms with E-state index in [1.54, 1.807) is 12.1 Å². The maximum atomic E-state index is 13.6. The van der Waals surface area contributed by atoms with Crippen LogP contribution in [-0.2, 0) is 24.7 Å². The van der Waals surface area contributed by atoms with Gasteiger partial charge in [-0.2, -0.15) is 52.7 Å². The number of hydrogen-bond acceptors (Lipinski definition) is 4. The van der Waals surface area contributed by atoms with E-state index in [9.17, 15) is 62.3 Å². The van der Waals surface area contributed by atoms with Crippen LogP contribution < -0.4 is 25.9 Å². The Balaban J connectivity index is 1.01. The first-order valence-electron chi connectivity index (χ1n) is 19.9. The van der Waals surface area contributed by atoms with Crippen molar-refractivity contribution in [3.05, 3.63) is 161 Å². The van der Waals surface area contributed by atoms with Crippen LogP contribution in [0.3, 0.4) is 0 Å². The van der Waals surface area contributed by atoms with Crippen molar-refractivity contribution >= 4 is 78.7 Å². The maximum absolute atomic E-state index is 13.6. The molecule has 0 fully saturated rings. The number of hydrogen-bond donors (Lipinski definition) is 0. The van der Waals surface area contributed by atoms with Crippen molar-refractivity contribution in [1.82, 2.24) is 9.13 Å². The standard InChI is InChI=1S/C48H21BF12N2O4/c50-45(51,52)24-16-25(46(53,54)55)19-28(18-24)66-43(64)22-10-12-36-32(14-22)30-4-1-6-34-41(30)62(36)38-8-3-9-39-40(38)49(34)35-7-2-5-31-33-15-23(11-13-37(33)63(39)42(31)35)44(65)67-29-20-26(47(56,57)58)17-27(21-29)48(59,60)61/h1-21H. The van der Waals surface area contributed by atoms with Gasteiger partial charge in [0.05, 0.1) is 44.4 Å². The van der Waals surface area contributed by atoms with Crippen molar-refractivity contribution in [2.24, 2.45) is 0 Å². The first-order chi connectivity index (χ1) is 31.6. The topological polar surface area (TPSA) is 62.5 Å². The summed E-state index contributed by atoms with van der Waals surface area (Å²) in [6.45, 7) is -0.409. The Morgan fingerprint density at radius 1 is 0.418 bits per heavy atom. The van der Waals surface area contributed by atoms with Gasteiger partial charge in [-0.1, -0.05) is 42.5 Å². The molecule has 11 rings (SSSR count). The van der Waals surface area contributed by atoms with E-state index in [1.807, 2.05) is 63.7 Å². The molecule has 0 spiro atoms. The number of alkyl halides is 12. The monoisotopic (exact) mass is 928 g/mol. The molecule has 2 aliphatic heterocycles. The third-order valence-corrected chi connectivity index (χ3v) is 12.1. The molecule has 0 N–H and O–H groups in total. The zero-order valence-electron chi connectivity index (χ0n) is 33.3. The number of fused-ring (bicyclic) bond motifs is 10. The summed E-state index contributed by atoms with van der Waals surface area (Å²) in [4.78, 5) is 26.9. The SMILES string of the molecule is O=C(Oc1cc(C(F)(F)F)cc(C(F)(F)F)c1)c1ccc2c(c1)c1cccc3c1n2-c1cccc2c1B3c1cccc3c4cc(C(=O)Oc5cc(C(F)(F)F)cc(C(F)(F)F)c5)ccc4n-2c13. The summed E-state index contributed by atoms with van der Waals surface area (Å²) in [6, 6.07) is 26.7. The van der Waals surface area contributed by atoms with E-state index in [2.05, 4.69) is 0 Å². The lowest BCUT2D eigenvalue weighted by atomic mass is 9.34. The molecule has 6 nitrogen and oxygen atoms in total. The van der Waals surface area contributed by atoms with Crippen LogP contribution in [0.5, 0.6) is 11.5 Å². The Bertz CT molecular complexity index is 3360. The summed E-state index contributed by atoms with van der Waals surface area (Å²) in [5.41, 5.74) is -0.140. The molecule has 67 heavy (non-hydrogen) atoms. The van der Waals surface area contributed by atoms with E-state index in [1.165, 1.54) is 24.3 Å². The van der Waals surface area contributed by atoms with Crippen LogP contribution in [0.15, 0.2) is 127 Å². The first-order valence-corrected chi connectivity index (χ1v) is 19.9. The van der Waals surface area contributed by atoms with Crippen molar-refractivity contribution in [2.45, 2.75) is 24.7 Å². The highest BCUT2D eigenvalue weighted by atomic mass is 19.4. The van der Waals surface area contributed by atoms with Crippen molar-refractivity contribution in [3.63, 3.8) is 0 Å². The van der Waals surface area contributed by atoms with Gasteiger partial charge < -0.3 is 18.6 Å². The molecule has 334 valence electrons. The van der Waals surface area contributed by atoms with Gasteiger partial charge in [-0.25, -0.2) is 9.59 Å². The van der Waals surface area contributed by atoms with E-state index in [-0.39, 0.29) is 23.3 Å². The summed E-state index contributed by atoms with van der Waals surface area (Å²) in [5, 5.41) is 2.40. The molecular weight excluding hydrogens is 907 g/mol. The van der Waals surface area contributed by atoms with Crippen molar-refractivity contribution < 1.29 is 71.7 Å². The van der Waals surface area contributed by atoms with Gasteiger partial charge in [0, 0.05) is 44.0 Å². The summed E-state index contributed by atoms with van der Waals surface area (Å²) < 4.78 is 177. The minimum atomic E-state index is -5.16. The van der Waals surface area contributed by atoms with Crippen molar-refractivity contribution in [3.8, 4) is 22.9 Å². The number of para-hydroxylation sites is 2. The highest BCUT2D eigenvalue weighted by Gasteiger charge is 2.42. The Kier molecular flexibility index (Phi) is 8.72. The second-order valence-electron chi connectivity index (χ2n) is 16.0. The smallest absolute Gasteiger partial charge is 0.416 e. The summed E-state index contributed by atoms with van der Waals surface area (Å²) >= 11 is 0. The average Bonchev–Trinajstić information content (AvgIpc) is 3.78. The molecular formula is C48H21BF12N2O4. The maximum Gasteiger partial charge on any atom is 0.416 e. The molecule has 0 saturated heterocycles. The minimum Gasteiger partial charge on any atom is -0.423 e. The van der Waals surface area contributed by atoms with Crippen LogP contribution in [0.2, 0.25) is 0 Å². The molecule has 7 aromatic carbocycles. The van der Waals surface area contributed by atoms with Crippen LogP contribution in [0.25, 0.3) is 55.0 Å². The fraction of sp³-hybridized carbons (Fsp3) is 0.0833. The molecule has 2 aromatic heterocycles. The van der Waals surface area contributed by atoms with Crippen LogP contribution in [0.1, 0.15) is 43.0 Å². The molecule has 0 amide bonds. The van der Waals surface area contributed by atoms with E-state index in [0.717, 1.165) is 38.8 Å². The van der Waals surface area contributed by atoms with E-state index >= 15 is 0 Å². The number of carbonyl (C=O) groups is 2. The molecule has 0 unspecified atom stereocenters. The lowest BCUT2D eigenvalue weighted by molar-refractivity contribution is -0.144. The van der Waals surface area contributed by atoms with Gasteiger partial charge in [0.1, 0.15) is 11.5 Å². The number of ether oxygens (including phenoxy) is 2. The molecule has 4 heterocycles. The number of nitrogens with zero attached hydrogens (tertiary/aromatic N) is 2. The minimum absolute atomic E-state index is 0.0711. The molecule has 0 radical (unpaired) electrons. The molecule has 19 heteroatoms. The molecule has 0 aliphatic carbocycles. The molecule has 2 aliphatic rings. The Hall–Kier alpha value is -7.70. The molecule has 0 saturated carbocycles. The third-order valence-electron chi connectivity index (χ3n) is 12.1. The average molecular weight is 928 g/mol. The van der Waals surface area contributed by atoms with Crippen LogP contribution in [0, 0.1) is 0 Å². The second kappa shape index (κ2) is 13.9. The van der Waals surface area contributed by atoms with Crippen LogP contribution in [0.4, 0.5) is 52.7 Å². The summed E-state index contributed by atoms with van der Waals surface area (Å²) in [6.07, 6.45) is -20.7. The van der Waals surface area contributed by atoms with Gasteiger partial charge in [-0.05, 0) is 101 Å². The molecule has 9 aromatic rings. The summed E-state index contributed by atoms with van der Waals surface area (Å²) in [7, 11) is 0. The number of benzene rings is 7. The van der Waals surface area contributed by atoms with Gasteiger partial charge in [-0.3, -0.25) is 0 Å². The Morgan fingerprint density at radius 2 is 0.776 bits per heavy atom. The largest absolute Gasteiger partial charge is 0.423 e. The number of esters is 2. The fourth-order valence-electron chi connectivity index (χ4n) is 9.42. The number of rotatable bonds is 4. The van der Waals surface area contributed by atoms with E-state index < -0.39 is 77.1 Å². The van der Waals surface area contributed by atoms with Gasteiger partial charge in [-0.15, -0.1) is 0 Å². The van der Waals surface area contributed by atoms with Gasteiger partial charge >= 0.3 is 36.6 Å². The molecule has 0 atom stereocenters. The van der Waals surface area contributed by atoms with Crippen molar-refractivity contribution in [1.29, 1.82) is 0 Å². The number of carbonyl (C=O) groups excluding carboxylic acids is 2. The number of halogens is 12. The van der Waals surface area contributed by atoms with Gasteiger partial charge in [0.15, 0.2) is 0 Å². The van der Waals surface area contributed by atoms with Gasteiger partial charge in [0.2, 0.25) is 0 Å². The summed E-state index contributed by atoms with van der Waals surface area (Å²) in [5.74, 6) is -4.28. The highest BCUT2D eigenvalue weighted by molar-refractivity contribution is 7.00. The molecule has 0 bridgehead atoms. The lowest BCUT2D eigenvalue weighted by Crippen LogP contribution is -2.59. The third kappa shape index (κ3) is 6.53. The number of aromatic nitrogens is 2. The Morgan fingerprint density at radius 3 is 1.13 bits per heavy atom. The van der Waals surface area contributed by atoms with Crippen molar-refractivity contribution in [2.75, 3.05) is 0 Å². The van der Waals surface area contributed by atoms with Gasteiger partial charge in [0.25, 0.3) is 6.71 Å². The second-order valence-corrected chi connectivity index (χ2v) is 16.0. The predicted molar refractivity (Wildman–Crippen MR) is 223 cm³/mol. The fourth-order valence-corrected chi connectivity index (χ4v) is 9.42. The zero-order chi connectivity index (χ0) is 47.3. The quantitative estimate of drug-likeness (QED) is 0.0763. The Labute approximate surface area is 367 Å².